The molecule has 3 heterocycles. The molecule has 3 unspecified atom stereocenters. The van der Waals surface area contributed by atoms with Crippen LogP contribution in [0.25, 0.3) is 11.0 Å². The van der Waals surface area contributed by atoms with Crippen molar-refractivity contribution in [3.8, 4) is 11.8 Å². The maximum absolute atomic E-state index is 12.2. The lowest BCUT2D eigenvalue weighted by Crippen LogP contribution is -2.43. The van der Waals surface area contributed by atoms with Crippen molar-refractivity contribution in [1.82, 2.24) is 14.5 Å². The quantitative estimate of drug-likeness (QED) is 0.123. The third kappa shape index (κ3) is 6.09. The van der Waals surface area contributed by atoms with Crippen LogP contribution in [0.2, 0.25) is 0 Å². The molecule has 8 N–H and O–H groups in total. The Labute approximate surface area is 206 Å². The van der Waals surface area contributed by atoms with Crippen molar-refractivity contribution in [2.24, 2.45) is 0 Å². The number of halogens is 1. The lowest BCUT2D eigenvalue weighted by atomic mass is 9.96. The van der Waals surface area contributed by atoms with Crippen molar-refractivity contribution in [3.63, 3.8) is 0 Å². The van der Waals surface area contributed by atoms with Gasteiger partial charge in [0.15, 0.2) is 16.7 Å². The van der Waals surface area contributed by atoms with Crippen molar-refractivity contribution >= 4 is 52.1 Å². The van der Waals surface area contributed by atoms with Gasteiger partial charge in [-0.3, -0.25) is 14.3 Å². The van der Waals surface area contributed by atoms with Crippen molar-refractivity contribution in [1.29, 1.82) is 0 Å². The van der Waals surface area contributed by atoms with Crippen LogP contribution in [0.15, 0.2) is 17.1 Å². The number of alkyl halides is 1. The number of hydrogen-bond acceptors (Lipinski definition) is 11. The topological polar surface area (TPSA) is 266 Å². The number of anilines is 1. The molecule has 0 aliphatic carbocycles. The first-order chi connectivity index (χ1) is 16.4. The van der Waals surface area contributed by atoms with E-state index in [2.05, 4.69) is 30.4 Å². The number of nitrogens with two attached hydrogens (primary N) is 1. The molecule has 200 valence electrons. The van der Waals surface area contributed by atoms with Gasteiger partial charge in [-0.2, -0.15) is 13.6 Å². The number of rotatable bonds is 8. The van der Waals surface area contributed by atoms with Crippen LogP contribution in [0.3, 0.4) is 0 Å². The second-order valence-electron chi connectivity index (χ2n) is 7.35. The zero-order valence-electron chi connectivity index (χ0n) is 18.2. The number of nitrogens with zero attached hydrogens (tertiary/aromatic N) is 2. The van der Waals surface area contributed by atoms with Gasteiger partial charge in [0, 0.05) is 6.20 Å². The van der Waals surface area contributed by atoms with Gasteiger partial charge in [-0.1, -0.05) is 17.5 Å². The number of phosphoric acid groups is 3. The molecule has 1 fully saturated rings. The van der Waals surface area contributed by atoms with Gasteiger partial charge in [0.05, 0.1) is 11.5 Å². The number of nitrogens with one attached hydrogen (secondary N) is 1. The van der Waals surface area contributed by atoms with Gasteiger partial charge in [-0.15, -0.1) is 5.92 Å². The van der Waals surface area contributed by atoms with Gasteiger partial charge in [-0.25, -0.2) is 13.7 Å². The number of aliphatic hydroxyl groups excluding tert-OH is 1. The normalized spacial score (nSPS) is 28.7. The summed E-state index contributed by atoms with van der Waals surface area (Å²) in [6.45, 7) is 2.51. The first kappa shape index (κ1) is 29.0. The number of aliphatic hydroxyl groups is 1. The Balaban J connectivity index is 1.92. The Morgan fingerprint density at radius 3 is 2.50 bits per heavy atom. The van der Waals surface area contributed by atoms with E-state index in [1.54, 1.807) is 0 Å². The predicted molar refractivity (Wildman–Crippen MR) is 121 cm³/mol. The highest BCUT2D eigenvalue weighted by Crippen LogP contribution is 2.66. The third-order valence-corrected chi connectivity index (χ3v) is 9.17. The fourth-order valence-electron chi connectivity index (χ4n) is 3.49. The number of aromatic nitrogens is 3. The minimum absolute atomic E-state index is 0.0116. The van der Waals surface area contributed by atoms with Gasteiger partial charge >= 0.3 is 23.5 Å². The van der Waals surface area contributed by atoms with Gasteiger partial charge in [0.2, 0.25) is 5.95 Å². The third-order valence-electron chi connectivity index (χ3n) is 4.73. The molecule has 0 spiro atoms. The molecule has 36 heavy (non-hydrogen) atoms. The summed E-state index contributed by atoms with van der Waals surface area (Å²) in [4.78, 5) is 53.0. The molecular weight excluding hydrogens is 573 g/mol. The molecule has 2 aromatic rings. The highest BCUT2D eigenvalue weighted by atomic mass is 35.5. The smallest absolute Gasteiger partial charge is 0.387 e. The summed E-state index contributed by atoms with van der Waals surface area (Å²) >= 11 is 6.62. The Hall–Kier alpha value is -1.60. The van der Waals surface area contributed by atoms with Crippen LogP contribution in [-0.2, 0) is 31.6 Å². The highest BCUT2D eigenvalue weighted by Gasteiger charge is 2.58. The summed E-state index contributed by atoms with van der Waals surface area (Å²) in [6.07, 6.45) is -4.92. The molecule has 2 aromatic heterocycles. The van der Waals surface area contributed by atoms with Gasteiger partial charge in [0.25, 0.3) is 5.56 Å². The maximum atomic E-state index is 12.2. The average molecular weight is 593 g/mol. The Bertz CT molecular complexity index is 1430. The molecule has 0 saturated carbocycles. The fourth-order valence-corrected chi connectivity index (χ4v) is 7.06. The van der Waals surface area contributed by atoms with Crippen molar-refractivity contribution < 1.29 is 56.3 Å². The molecule has 0 amide bonds. The minimum atomic E-state index is -5.77. The molecule has 21 heteroatoms. The van der Waals surface area contributed by atoms with Crippen LogP contribution in [0.4, 0.5) is 5.95 Å². The van der Waals surface area contributed by atoms with E-state index in [1.165, 1.54) is 23.8 Å². The number of hydrogen-bond donors (Lipinski definition) is 7. The maximum Gasteiger partial charge on any atom is 0.490 e. The molecule has 7 atom stereocenters. The van der Waals surface area contributed by atoms with E-state index in [-0.39, 0.29) is 17.0 Å². The predicted octanol–water partition coefficient (Wildman–Crippen LogP) is 0.298. The van der Waals surface area contributed by atoms with Crippen molar-refractivity contribution in [2.45, 2.75) is 43.3 Å². The molecule has 0 aromatic carbocycles. The van der Waals surface area contributed by atoms with Crippen LogP contribution in [-0.4, -0.2) is 62.4 Å². The van der Waals surface area contributed by atoms with Crippen LogP contribution in [0, 0.1) is 11.8 Å². The molecule has 1 saturated heterocycles. The number of ether oxygens (including phenoxy) is 1. The summed E-state index contributed by atoms with van der Waals surface area (Å²) in [5, 5.41) is 11.0. The molecule has 1 aliphatic rings. The summed E-state index contributed by atoms with van der Waals surface area (Å²) in [5.74, 6) is 4.87. The van der Waals surface area contributed by atoms with E-state index in [9.17, 15) is 33.4 Å². The number of phosphoric ester groups is 1. The summed E-state index contributed by atoms with van der Waals surface area (Å²) in [6, 6.07) is 1.37. The fraction of sp³-hybridized carbons (Fsp3) is 0.467. The molecule has 0 bridgehead atoms. The average Bonchev–Trinajstić information content (AvgIpc) is 3.18. The first-order valence-corrected chi connectivity index (χ1v) is 14.4. The zero-order valence-corrected chi connectivity index (χ0v) is 21.6. The zero-order chi connectivity index (χ0) is 27.3. The molecule has 1 aliphatic heterocycles. The second kappa shape index (κ2) is 9.94. The van der Waals surface area contributed by atoms with Crippen LogP contribution >= 0.6 is 35.1 Å². The van der Waals surface area contributed by atoms with Crippen molar-refractivity contribution in [3.05, 3.63) is 22.6 Å². The van der Waals surface area contributed by atoms with Gasteiger partial charge in [-0.05, 0) is 19.9 Å². The summed E-state index contributed by atoms with van der Waals surface area (Å²) in [5.41, 5.74) is 5.05. The largest absolute Gasteiger partial charge is 0.490 e. The number of fused-ring (bicyclic) bond motifs is 1. The molecule has 3 rings (SSSR count). The molecule has 0 radical (unpaired) electrons. The lowest BCUT2D eigenvalue weighted by Gasteiger charge is -2.26. The number of aromatic amines is 1. The minimum Gasteiger partial charge on any atom is -0.387 e. The van der Waals surface area contributed by atoms with E-state index in [0.29, 0.717) is 0 Å². The Morgan fingerprint density at radius 2 is 1.92 bits per heavy atom. The van der Waals surface area contributed by atoms with E-state index >= 15 is 0 Å². The van der Waals surface area contributed by atoms with Crippen molar-refractivity contribution in [2.75, 3.05) is 5.73 Å². The number of nitrogen functional groups attached to an aromatic ring is 1. The monoisotopic (exact) mass is 592 g/mol. The SMILES string of the molecule is CC#CC1(Cl)[C@@H](O)[C@@H]([C@H](C)OP(=O)(O)OP(=O)(O)OP(=O)(O)O)O[C@H]1n1ccc2c(=O)[nH]c(N)nc21. The van der Waals surface area contributed by atoms with E-state index < -0.39 is 58.4 Å². The second-order valence-corrected chi connectivity index (χ2v) is 12.4. The van der Waals surface area contributed by atoms with E-state index in [4.69, 9.17) is 36.4 Å². The van der Waals surface area contributed by atoms with Crippen LogP contribution < -0.4 is 11.3 Å². The summed E-state index contributed by atoms with van der Waals surface area (Å²) < 4.78 is 53.7. The lowest BCUT2D eigenvalue weighted by molar-refractivity contribution is -0.0727. The van der Waals surface area contributed by atoms with E-state index in [0.717, 1.165) is 6.92 Å². The molecule has 17 nitrogen and oxygen atoms in total. The standard InChI is InChI=1S/C15H20ClN4O13P3/c1-3-5-15(16)10(21)9(7(2)31-35(26,27)33-36(28,29)32-34(23,24)25)30-13(15)20-6-4-8-11(20)18-14(17)19-12(8)22/h4,6-7,9-10,13,21H,1-2H3,(H,26,27)(H,28,29)(H2,23,24,25)(H3,17,18,19,22)/t7-,9+,10-,13+,15?/m0/s1. The van der Waals surface area contributed by atoms with Crippen LogP contribution in [0.1, 0.15) is 20.1 Å². The first-order valence-electron chi connectivity index (χ1n) is 9.54. The van der Waals surface area contributed by atoms with E-state index in [1.807, 2.05) is 0 Å². The van der Waals surface area contributed by atoms with Gasteiger partial charge < -0.3 is 39.7 Å². The Kier molecular flexibility index (Phi) is 7.99. The van der Waals surface area contributed by atoms with Gasteiger partial charge in [0.1, 0.15) is 12.2 Å². The summed E-state index contributed by atoms with van der Waals surface area (Å²) in [7, 11) is -16.9. The number of H-pyrrole nitrogens is 1. The van der Waals surface area contributed by atoms with Crippen LogP contribution in [0.5, 0.6) is 0 Å². The Morgan fingerprint density at radius 1 is 1.28 bits per heavy atom. The highest BCUT2D eigenvalue weighted by molar-refractivity contribution is 7.66. The molecular formula is C15H20ClN4O13P3.